The van der Waals surface area contributed by atoms with Gasteiger partial charge in [-0.1, -0.05) is 11.6 Å². The van der Waals surface area contributed by atoms with E-state index in [1.54, 1.807) is 32.3 Å². The number of hydrogen-bond donors (Lipinski definition) is 0. The van der Waals surface area contributed by atoms with Gasteiger partial charge in [0.25, 0.3) is 5.56 Å². The van der Waals surface area contributed by atoms with E-state index < -0.39 is 5.82 Å². The Hall–Kier alpha value is -3.33. The van der Waals surface area contributed by atoms with E-state index >= 15 is 0 Å². The standard InChI is InChI=1S/C23H23ClFN7O/c1-13-27-20-19(16-7-6-15(24)11-17(16)25)28-23(29-21(20)22(33)30(13)2)32-10-4-5-14(12-32)18-8-9-26-31(18)3/h6-9,11,14H,4-5,10,12H2,1-3H3. The van der Waals surface area contributed by atoms with Crippen molar-refractivity contribution >= 4 is 28.6 Å². The number of fused-ring (bicyclic) bond motifs is 1. The molecular weight excluding hydrogens is 445 g/mol. The van der Waals surface area contributed by atoms with Gasteiger partial charge in [0.15, 0.2) is 5.52 Å². The number of aryl methyl sites for hydroxylation is 2. The molecule has 1 saturated heterocycles. The zero-order valence-electron chi connectivity index (χ0n) is 18.6. The summed E-state index contributed by atoms with van der Waals surface area (Å²) in [6, 6.07) is 6.41. The van der Waals surface area contributed by atoms with Crippen molar-refractivity contribution in [2.75, 3.05) is 18.0 Å². The SMILES string of the molecule is Cc1nc2c(-c3ccc(Cl)cc3F)nc(N3CCCC(c4ccnn4C)C3)nc2c(=O)n1C. The van der Waals surface area contributed by atoms with E-state index in [9.17, 15) is 9.18 Å². The number of aromatic nitrogens is 6. The molecule has 0 bridgehead atoms. The van der Waals surface area contributed by atoms with Crippen LogP contribution >= 0.6 is 11.6 Å². The van der Waals surface area contributed by atoms with Crippen molar-refractivity contribution in [2.45, 2.75) is 25.7 Å². The van der Waals surface area contributed by atoms with Crippen LogP contribution in [0.15, 0.2) is 35.3 Å². The summed E-state index contributed by atoms with van der Waals surface area (Å²) >= 11 is 5.97. The first kappa shape index (κ1) is 21.5. The summed E-state index contributed by atoms with van der Waals surface area (Å²) in [5, 5.41) is 4.58. The number of anilines is 1. The van der Waals surface area contributed by atoms with Crippen molar-refractivity contribution < 1.29 is 4.39 Å². The van der Waals surface area contributed by atoms with Crippen molar-refractivity contribution in [2.24, 2.45) is 14.1 Å². The fraction of sp³-hybridized carbons (Fsp3) is 0.348. The Morgan fingerprint density at radius 1 is 1.12 bits per heavy atom. The first-order valence-corrected chi connectivity index (χ1v) is 11.1. The minimum Gasteiger partial charge on any atom is -0.340 e. The molecule has 33 heavy (non-hydrogen) atoms. The molecule has 5 rings (SSSR count). The average molecular weight is 468 g/mol. The molecule has 0 spiro atoms. The van der Waals surface area contributed by atoms with Gasteiger partial charge in [-0.3, -0.25) is 14.0 Å². The normalized spacial score (nSPS) is 16.5. The van der Waals surface area contributed by atoms with E-state index in [2.05, 4.69) is 20.0 Å². The van der Waals surface area contributed by atoms with Gasteiger partial charge < -0.3 is 4.90 Å². The molecule has 1 atom stereocenters. The van der Waals surface area contributed by atoms with Crippen LogP contribution in [-0.2, 0) is 14.1 Å². The Labute approximate surface area is 194 Å². The number of halogens is 2. The van der Waals surface area contributed by atoms with Crippen LogP contribution in [-0.4, -0.2) is 42.4 Å². The molecule has 3 aromatic heterocycles. The van der Waals surface area contributed by atoms with Gasteiger partial charge in [0.05, 0.1) is 0 Å². The third-order valence-corrected chi connectivity index (χ3v) is 6.54. The van der Waals surface area contributed by atoms with Crippen LogP contribution in [0.5, 0.6) is 0 Å². The second kappa shape index (κ2) is 8.22. The third-order valence-electron chi connectivity index (χ3n) is 6.31. The zero-order valence-corrected chi connectivity index (χ0v) is 19.3. The molecule has 4 aromatic rings. The number of piperidine rings is 1. The van der Waals surface area contributed by atoms with Crippen molar-refractivity contribution in [3.63, 3.8) is 0 Å². The Bertz CT molecular complexity index is 1430. The maximum absolute atomic E-state index is 14.9. The number of hydrogen-bond acceptors (Lipinski definition) is 6. The second-order valence-corrected chi connectivity index (χ2v) is 8.82. The van der Waals surface area contributed by atoms with E-state index in [0.29, 0.717) is 18.3 Å². The van der Waals surface area contributed by atoms with Crippen molar-refractivity contribution in [1.29, 1.82) is 0 Å². The highest BCUT2D eigenvalue weighted by atomic mass is 35.5. The molecule has 1 aliphatic rings. The maximum atomic E-state index is 14.9. The van der Waals surface area contributed by atoms with Gasteiger partial charge in [0.2, 0.25) is 5.95 Å². The number of nitrogens with zero attached hydrogens (tertiary/aromatic N) is 7. The predicted octanol–water partition coefficient (Wildman–Crippen LogP) is 3.61. The molecule has 0 N–H and O–H groups in total. The lowest BCUT2D eigenvalue weighted by molar-refractivity contribution is 0.478. The molecule has 170 valence electrons. The van der Waals surface area contributed by atoms with Crippen LogP contribution < -0.4 is 10.5 Å². The lowest BCUT2D eigenvalue weighted by Gasteiger charge is -2.33. The monoisotopic (exact) mass is 467 g/mol. The van der Waals surface area contributed by atoms with E-state index in [1.807, 2.05) is 17.8 Å². The Balaban J connectivity index is 1.68. The van der Waals surface area contributed by atoms with Crippen LogP contribution in [0.2, 0.25) is 5.02 Å². The van der Waals surface area contributed by atoms with Crippen molar-refractivity contribution in [3.05, 3.63) is 63.2 Å². The minimum absolute atomic E-state index is 0.167. The van der Waals surface area contributed by atoms with E-state index in [0.717, 1.165) is 25.1 Å². The Morgan fingerprint density at radius 2 is 1.94 bits per heavy atom. The van der Waals surface area contributed by atoms with Gasteiger partial charge in [0.1, 0.15) is 22.9 Å². The number of benzene rings is 1. The molecule has 1 aliphatic heterocycles. The molecule has 10 heteroatoms. The first-order chi connectivity index (χ1) is 15.8. The molecule has 8 nitrogen and oxygen atoms in total. The summed E-state index contributed by atoms with van der Waals surface area (Å²) in [5.41, 5.74) is 1.80. The predicted molar refractivity (Wildman–Crippen MR) is 125 cm³/mol. The fourth-order valence-corrected chi connectivity index (χ4v) is 4.59. The van der Waals surface area contributed by atoms with Crippen LogP contribution in [0, 0.1) is 12.7 Å². The molecule has 0 aliphatic carbocycles. The van der Waals surface area contributed by atoms with Crippen LogP contribution in [0.4, 0.5) is 10.3 Å². The van der Waals surface area contributed by atoms with Crippen LogP contribution in [0.1, 0.15) is 30.3 Å². The Kier molecular flexibility index (Phi) is 5.36. The highest BCUT2D eigenvalue weighted by Crippen LogP contribution is 2.32. The summed E-state index contributed by atoms with van der Waals surface area (Å²) in [4.78, 5) is 29.0. The molecular formula is C23H23ClFN7O. The van der Waals surface area contributed by atoms with Gasteiger partial charge in [-0.2, -0.15) is 5.10 Å². The van der Waals surface area contributed by atoms with Gasteiger partial charge in [-0.15, -0.1) is 0 Å². The summed E-state index contributed by atoms with van der Waals surface area (Å²) in [6.45, 7) is 3.13. The highest BCUT2D eigenvalue weighted by Gasteiger charge is 2.27. The number of rotatable bonds is 3. The lowest BCUT2D eigenvalue weighted by atomic mass is 9.95. The topological polar surface area (TPSA) is 81.7 Å². The smallest absolute Gasteiger partial charge is 0.279 e. The largest absolute Gasteiger partial charge is 0.340 e. The fourth-order valence-electron chi connectivity index (χ4n) is 4.44. The minimum atomic E-state index is -0.528. The summed E-state index contributed by atoms with van der Waals surface area (Å²) in [5.74, 6) is 0.607. The van der Waals surface area contributed by atoms with E-state index in [4.69, 9.17) is 16.6 Å². The van der Waals surface area contributed by atoms with Gasteiger partial charge in [-0.25, -0.2) is 19.3 Å². The average Bonchev–Trinajstić information content (AvgIpc) is 3.23. The summed E-state index contributed by atoms with van der Waals surface area (Å²) in [7, 11) is 3.58. The molecule has 4 heterocycles. The molecule has 1 unspecified atom stereocenters. The first-order valence-electron chi connectivity index (χ1n) is 10.8. The molecule has 1 fully saturated rings. The van der Waals surface area contributed by atoms with E-state index in [1.165, 1.54) is 10.6 Å². The highest BCUT2D eigenvalue weighted by molar-refractivity contribution is 6.30. The zero-order chi connectivity index (χ0) is 23.3. The van der Waals surface area contributed by atoms with Gasteiger partial charge in [-0.05, 0) is 44.0 Å². The summed E-state index contributed by atoms with van der Waals surface area (Å²) in [6.07, 6.45) is 3.75. The van der Waals surface area contributed by atoms with Crippen molar-refractivity contribution in [3.8, 4) is 11.3 Å². The summed E-state index contributed by atoms with van der Waals surface area (Å²) < 4.78 is 18.3. The maximum Gasteiger partial charge on any atom is 0.279 e. The van der Waals surface area contributed by atoms with Crippen LogP contribution in [0.3, 0.4) is 0 Å². The van der Waals surface area contributed by atoms with Crippen molar-refractivity contribution in [1.82, 2.24) is 29.3 Å². The second-order valence-electron chi connectivity index (χ2n) is 8.38. The van der Waals surface area contributed by atoms with Crippen LogP contribution in [0.25, 0.3) is 22.3 Å². The quantitative estimate of drug-likeness (QED) is 0.458. The van der Waals surface area contributed by atoms with Gasteiger partial charge >= 0.3 is 0 Å². The molecule has 0 saturated carbocycles. The van der Waals surface area contributed by atoms with E-state index in [-0.39, 0.29) is 38.8 Å². The third kappa shape index (κ3) is 3.76. The molecule has 0 amide bonds. The molecule has 1 aromatic carbocycles. The molecule has 0 radical (unpaired) electrons. The van der Waals surface area contributed by atoms with Gasteiger partial charge in [0, 0.05) is 55.6 Å². The lowest BCUT2D eigenvalue weighted by Crippen LogP contribution is -2.36. The Morgan fingerprint density at radius 3 is 2.67 bits per heavy atom.